The van der Waals surface area contributed by atoms with Crippen LogP contribution in [0, 0.1) is 11.8 Å². The van der Waals surface area contributed by atoms with Gasteiger partial charge >= 0.3 is 0 Å². The average molecular weight is 240 g/mol. The zero-order valence-corrected chi connectivity index (χ0v) is 12.4. The summed E-state index contributed by atoms with van der Waals surface area (Å²) in [5, 5.41) is 0. The fourth-order valence-corrected chi connectivity index (χ4v) is 8.43. The highest BCUT2D eigenvalue weighted by Crippen LogP contribution is 2.50. The molecule has 3 heteroatoms. The van der Waals surface area contributed by atoms with E-state index in [4.69, 9.17) is 4.12 Å². The van der Waals surface area contributed by atoms with E-state index in [-0.39, 0.29) is 0 Å². The molecule has 1 nitrogen and oxygen atoms in total. The van der Waals surface area contributed by atoms with E-state index >= 15 is 0 Å². The lowest BCUT2D eigenvalue weighted by Crippen LogP contribution is -2.31. The second-order valence-corrected chi connectivity index (χ2v) is 10.1. The molecule has 2 aliphatic rings. The molecule has 0 aromatic heterocycles. The summed E-state index contributed by atoms with van der Waals surface area (Å²) in [6.07, 6.45) is 9.01. The quantitative estimate of drug-likeness (QED) is 0.681. The van der Waals surface area contributed by atoms with Crippen molar-refractivity contribution in [1.29, 1.82) is 0 Å². The molecule has 0 amide bonds. The van der Waals surface area contributed by atoms with E-state index in [1.807, 2.05) is 0 Å². The highest BCUT2D eigenvalue weighted by atomic mass is 28.4. The first kappa shape index (κ1) is 11.9. The van der Waals surface area contributed by atoms with Gasteiger partial charge in [-0.1, -0.05) is 38.5 Å². The van der Waals surface area contributed by atoms with Crippen LogP contribution in [0.15, 0.2) is 0 Å². The molecule has 0 heterocycles. The van der Waals surface area contributed by atoms with Gasteiger partial charge in [-0.15, -0.1) is 0 Å². The predicted molar refractivity (Wildman–Crippen MR) is 68.6 cm³/mol. The summed E-state index contributed by atoms with van der Waals surface area (Å²) in [6.45, 7) is 6.99. The third-order valence-corrected chi connectivity index (χ3v) is 8.90. The number of hydrogen-bond donors (Lipinski definition) is 0. The molecule has 3 unspecified atom stereocenters. The van der Waals surface area contributed by atoms with Crippen molar-refractivity contribution in [2.45, 2.75) is 63.7 Å². The van der Waals surface area contributed by atoms with Crippen molar-refractivity contribution in [2.24, 2.45) is 11.8 Å². The van der Waals surface area contributed by atoms with E-state index in [0.29, 0.717) is 0 Å². The summed E-state index contributed by atoms with van der Waals surface area (Å²) in [7, 11) is -0.952. The van der Waals surface area contributed by atoms with Crippen molar-refractivity contribution >= 4 is 18.1 Å². The molecule has 0 aliphatic heterocycles. The molecule has 0 saturated heterocycles. The molecule has 0 bridgehead atoms. The van der Waals surface area contributed by atoms with Gasteiger partial charge < -0.3 is 4.12 Å². The van der Waals surface area contributed by atoms with E-state index < -0.39 is 18.1 Å². The van der Waals surface area contributed by atoms with Crippen LogP contribution in [0.2, 0.25) is 25.2 Å². The first-order valence-corrected chi connectivity index (χ1v) is 10.9. The van der Waals surface area contributed by atoms with Crippen molar-refractivity contribution in [1.82, 2.24) is 0 Å². The van der Waals surface area contributed by atoms with Crippen LogP contribution in [-0.2, 0) is 4.12 Å². The molecule has 0 aromatic carbocycles. The van der Waals surface area contributed by atoms with Crippen molar-refractivity contribution in [3.8, 4) is 0 Å². The standard InChI is InChI=1S/C12H24OSi2/c1-14(2)13-15(3)12-9-8-10-6-4-5-7-11(10)12/h10-12H,4-9H2,1-3H3. The van der Waals surface area contributed by atoms with Gasteiger partial charge in [0, 0.05) is 0 Å². The lowest BCUT2D eigenvalue weighted by atomic mass is 9.82. The van der Waals surface area contributed by atoms with Crippen LogP contribution < -0.4 is 0 Å². The van der Waals surface area contributed by atoms with Crippen molar-refractivity contribution in [3.63, 3.8) is 0 Å². The Balaban J connectivity index is 1.92. The zero-order chi connectivity index (χ0) is 10.8. The Morgan fingerprint density at radius 1 is 0.933 bits per heavy atom. The second kappa shape index (κ2) is 5.15. The summed E-state index contributed by atoms with van der Waals surface area (Å²) in [4.78, 5) is 0. The highest BCUT2D eigenvalue weighted by molar-refractivity contribution is 6.64. The third kappa shape index (κ3) is 2.74. The van der Waals surface area contributed by atoms with E-state index in [1.165, 1.54) is 38.5 Å². The number of fused-ring (bicyclic) bond motifs is 1. The zero-order valence-electron chi connectivity index (χ0n) is 10.4. The van der Waals surface area contributed by atoms with Gasteiger partial charge in [0.2, 0.25) is 0 Å². The molecular weight excluding hydrogens is 216 g/mol. The highest BCUT2D eigenvalue weighted by Gasteiger charge is 2.41. The Labute approximate surface area is 98.1 Å². The molecule has 2 aliphatic carbocycles. The van der Waals surface area contributed by atoms with Crippen LogP contribution in [0.5, 0.6) is 0 Å². The van der Waals surface area contributed by atoms with E-state index in [0.717, 1.165) is 17.4 Å². The molecule has 2 fully saturated rings. The fraction of sp³-hybridized carbons (Fsp3) is 1.00. The topological polar surface area (TPSA) is 9.23 Å². The molecule has 2 radical (unpaired) electrons. The van der Waals surface area contributed by atoms with E-state index in [1.54, 1.807) is 0 Å². The molecule has 2 rings (SSSR count). The van der Waals surface area contributed by atoms with Crippen molar-refractivity contribution in [3.05, 3.63) is 0 Å². The maximum absolute atomic E-state index is 6.19. The van der Waals surface area contributed by atoms with Crippen LogP contribution in [-0.4, -0.2) is 18.1 Å². The predicted octanol–water partition coefficient (Wildman–Crippen LogP) is 3.85. The molecule has 3 atom stereocenters. The van der Waals surface area contributed by atoms with Gasteiger partial charge in [0.25, 0.3) is 0 Å². The summed E-state index contributed by atoms with van der Waals surface area (Å²) in [6, 6.07) is 0. The first-order valence-electron chi connectivity index (χ1n) is 6.50. The summed E-state index contributed by atoms with van der Waals surface area (Å²) < 4.78 is 6.19. The monoisotopic (exact) mass is 240 g/mol. The number of rotatable bonds is 3. The van der Waals surface area contributed by atoms with Crippen molar-refractivity contribution < 1.29 is 4.12 Å². The van der Waals surface area contributed by atoms with Gasteiger partial charge in [-0.25, -0.2) is 0 Å². The minimum Gasteiger partial charge on any atom is -0.456 e. The molecule has 86 valence electrons. The number of hydrogen-bond acceptors (Lipinski definition) is 1. The lowest BCUT2D eigenvalue weighted by molar-refractivity contribution is 0.272. The first-order chi connectivity index (χ1) is 7.18. The SMILES string of the molecule is C[Si](C)O[Si](C)C1CCC2CCCCC21. The largest absolute Gasteiger partial charge is 0.456 e. The molecule has 15 heavy (non-hydrogen) atoms. The lowest BCUT2D eigenvalue weighted by Gasteiger charge is -2.31. The van der Waals surface area contributed by atoms with Gasteiger partial charge in [-0.05, 0) is 37.0 Å². The van der Waals surface area contributed by atoms with E-state index in [2.05, 4.69) is 19.6 Å². The van der Waals surface area contributed by atoms with Gasteiger partial charge in [-0.3, -0.25) is 0 Å². The summed E-state index contributed by atoms with van der Waals surface area (Å²) in [5.74, 6) is 2.13. The van der Waals surface area contributed by atoms with Crippen molar-refractivity contribution in [2.75, 3.05) is 0 Å². The molecular formula is C12H24OSi2. The van der Waals surface area contributed by atoms with Crippen LogP contribution in [0.1, 0.15) is 38.5 Å². The Hall–Kier alpha value is 0.394. The molecule has 2 saturated carbocycles. The van der Waals surface area contributed by atoms with Crippen LogP contribution in [0.3, 0.4) is 0 Å². The summed E-state index contributed by atoms with van der Waals surface area (Å²) in [5.41, 5.74) is 0.986. The Morgan fingerprint density at radius 3 is 2.40 bits per heavy atom. The fourth-order valence-electron chi connectivity index (χ4n) is 3.63. The Morgan fingerprint density at radius 2 is 1.67 bits per heavy atom. The Kier molecular flexibility index (Phi) is 4.07. The average Bonchev–Trinajstić information content (AvgIpc) is 2.59. The summed E-state index contributed by atoms with van der Waals surface area (Å²) >= 11 is 0. The van der Waals surface area contributed by atoms with Crippen LogP contribution in [0.4, 0.5) is 0 Å². The molecule has 0 N–H and O–H groups in total. The minimum atomic E-state index is -0.490. The second-order valence-electron chi connectivity index (χ2n) is 5.51. The van der Waals surface area contributed by atoms with Crippen LogP contribution >= 0.6 is 0 Å². The van der Waals surface area contributed by atoms with E-state index in [9.17, 15) is 0 Å². The minimum absolute atomic E-state index is 0.462. The van der Waals surface area contributed by atoms with Gasteiger partial charge in [-0.2, -0.15) is 0 Å². The normalized spacial score (nSPS) is 36.2. The molecule has 0 aromatic rings. The van der Waals surface area contributed by atoms with Gasteiger partial charge in [0.1, 0.15) is 0 Å². The third-order valence-electron chi connectivity index (χ3n) is 4.22. The maximum atomic E-state index is 6.19. The van der Waals surface area contributed by atoms with Gasteiger partial charge in [0.05, 0.1) is 0 Å². The molecule has 0 spiro atoms. The Bertz CT molecular complexity index is 208. The maximum Gasteiger partial charge on any atom is 0.198 e. The van der Waals surface area contributed by atoms with Gasteiger partial charge in [0.15, 0.2) is 18.1 Å². The van der Waals surface area contributed by atoms with Crippen LogP contribution in [0.25, 0.3) is 0 Å². The smallest absolute Gasteiger partial charge is 0.198 e.